The Kier molecular flexibility index (Phi) is 5.14. The Hall–Kier alpha value is -2.82. The molecule has 1 amide bonds. The van der Waals surface area contributed by atoms with E-state index in [2.05, 4.69) is 5.32 Å². The number of aryl methyl sites for hydroxylation is 1. The zero-order chi connectivity index (χ0) is 15.9. The van der Waals surface area contributed by atoms with Crippen LogP contribution in [0.1, 0.15) is 22.8 Å². The number of carbonyl (C=O) groups excluding carboxylic acids is 2. The number of para-hydroxylation sites is 1. The summed E-state index contributed by atoms with van der Waals surface area (Å²) in [6, 6.07) is 13.8. The van der Waals surface area contributed by atoms with Gasteiger partial charge in [0.25, 0.3) is 5.91 Å². The van der Waals surface area contributed by atoms with Crippen LogP contribution >= 0.6 is 0 Å². The van der Waals surface area contributed by atoms with Gasteiger partial charge < -0.3 is 15.8 Å². The van der Waals surface area contributed by atoms with E-state index in [4.69, 9.17) is 10.5 Å². The Bertz CT molecular complexity index is 666. The van der Waals surface area contributed by atoms with Crippen LogP contribution in [0.25, 0.3) is 0 Å². The first-order chi connectivity index (χ1) is 10.6. The lowest BCUT2D eigenvalue weighted by Gasteiger charge is -2.10. The minimum Gasteiger partial charge on any atom is -0.452 e. The summed E-state index contributed by atoms with van der Waals surface area (Å²) in [5, 5.41) is 2.74. The quantitative estimate of drug-likeness (QED) is 0.656. The number of amides is 1. The number of ether oxygens (including phenoxy) is 1. The normalized spacial score (nSPS) is 10.0. The molecule has 0 spiro atoms. The molecular weight excluding hydrogens is 280 g/mol. The summed E-state index contributed by atoms with van der Waals surface area (Å²) in [4.78, 5) is 23.7. The van der Waals surface area contributed by atoms with Crippen molar-refractivity contribution < 1.29 is 14.3 Å². The van der Waals surface area contributed by atoms with Gasteiger partial charge in [0.1, 0.15) is 0 Å². The molecule has 0 radical (unpaired) electrons. The molecule has 0 aliphatic carbocycles. The molecule has 2 aromatic carbocycles. The molecular formula is C17H18N2O3. The minimum atomic E-state index is -0.557. The van der Waals surface area contributed by atoms with Crippen LogP contribution < -0.4 is 11.1 Å². The second-order valence-electron chi connectivity index (χ2n) is 4.76. The van der Waals surface area contributed by atoms with Crippen molar-refractivity contribution in [2.75, 3.05) is 17.7 Å². The SMILES string of the molecule is CCc1ccccc1NC(=O)COC(=O)c1ccc(N)cc1. The third kappa shape index (κ3) is 4.09. The van der Waals surface area contributed by atoms with E-state index >= 15 is 0 Å². The lowest BCUT2D eigenvalue weighted by Crippen LogP contribution is -2.21. The number of esters is 1. The molecule has 2 rings (SSSR count). The van der Waals surface area contributed by atoms with Crippen molar-refractivity contribution in [1.82, 2.24) is 0 Å². The molecule has 0 fully saturated rings. The molecule has 0 atom stereocenters. The van der Waals surface area contributed by atoms with Gasteiger partial charge in [0.15, 0.2) is 6.61 Å². The summed E-state index contributed by atoms with van der Waals surface area (Å²) in [5.41, 5.74) is 8.23. The number of nitrogens with one attached hydrogen (secondary N) is 1. The van der Waals surface area contributed by atoms with E-state index in [9.17, 15) is 9.59 Å². The van der Waals surface area contributed by atoms with Crippen molar-refractivity contribution in [3.63, 3.8) is 0 Å². The predicted octanol–water partition coefficient (Wildman–Crippen LogP) is 2.63. The molecule has 0 heterocycles. The Morgan fingerprint density at radius 1 is 1.09 bits per heavy atom. The highest BCUT2D eigenvalue weighted by molar-refractivity contribution is 5.96. The zero-order valence-corrected chi connectivity index (χ0v) is 12.3. The van der Waals surface area contributed by atoms with Crippen LogP contribution in [0.2, 0.25) is 0 Å². The van der Waals surface area contributed by atoms with Crippen LogP contribution in [-0.4, -0.2) is 18.5 Å². The maximum atomic E-state index is 11.9. The van der Waals surface area contributed by atoms with Crippen molar-refractivity contribution in [1.29, 1.82) is 0 Å². The first-order valence-electron chi connectivity index (χ1n) is 7.00. The molecule has 0 bridgehead atoms. The molecule has 0 aliphatic heterocycles. The van der Waals surface area contributed by atoms with Crippen LogP contribution in [0, 0.1) is 0 Å². The summed E-state index contributed by atoms with van der Waals surface area (Å²) >= 11 is 0. The fourth-order valence-electron chi connectivity index (χ4n) is 1.97. The van der Waals surface area contributed by atoms with Gasteiger partial charge in [-0.05, 0) is 42.3 Å². The standard InChI is InChI=1S/C17H18N2O3/c1-2-12-5-3-4-6-15(12)19-16(20)11-22-17(21)13-7-9-14(18)10-8-13/h3-10H,2,11,18H2,1H3,(H,19,20). The fourth-order valence-corrected chi connectivity index (χ4v) is 1.97. The van der Waals surface area contributed by atoms with Crippen molar-refractivity contribution in [2.45, 2.75) is 13.3 Å². The van der Waals surface area contributed by atoms with Crippen LogP contribution in [0.3, 0.4) is 0 Å². The molecule has 0 saturated heterocycles. The molecule has 114 valence electrons. The maximum Gasteiger partial charge on any atom is 0.338 e. The molecule has 3 N–H and O–H groups in total. The number of nitrogens with two attached hydrogens (primary N) is 1. The Labute approximate surface area is 129 Å². The minimum absolute atomic E-state index is 0.332. The fraction of sp³-hybridized carbons (Fsp3) is 0.176. The highest BCUT2D eigenvalue weighted by atomic mass is 16.5. The molecule has 0 unspecified atom stereocenters. The van der Waals surface area contributed by atoms with Crippen molar-refractivity contribution in [3.05, 3.63) is 59.7 Å². The lowest BCUT2D eigenvalue weighted by molar-refractivity contribution is -0.119. The first kappa shape index (κ1) is 15.6. The van der Waals surface area contributed by atoms with E-state index in [1.807, 2.05) is 31.2 Å². The average Bonchev–Trinajstić information content (AvgIpc) is 2.54. The second-order valence-corrected chi connectivity index (χ2v) is 4.76. The number of hydrogen-bond donors (Lipinski definition) is 2. The van der Waals surface area contributed by atoms with Gasteiger partial charge in [-0.1, -0.05) is 25.1 Å². The molecule has 2 aromatic rings. The molecule has 5 heteroatoms. The smallest absolute Gasteiger partial charge is 0.338 e. The van der Waals surface area contributed by atoms with Gasteiger partial charge in [-0.2, -0.15) is 0 Å². The van der Waals surface area contributed by atoms with E-state index in [-0.39, 0.29) is 12.5 Å². The molecule has 22 heavy (non-hydrogen) atoms. The van der Waals surface area contributed by atoms with E-state index in [1.54, 1.807) is 24.3 Å². The van der Waals surface area contributed by atoms with E-state index in [0.29, 0.717) is 11.3 Å². The summed E-state index contributed by atoms with van der Waals surface area (Å²) in [7, 11) is 0. The third-order valence-corrected chi connectivity index (χ3v) is 3.15. The molecule has 0 saturated carbocycles. The first-order valence-corrected chi connectivity index (χ1v) is 7.00. The highest BCUT2D eigenvalue weighted by Gasteiger charge is 2.11. The topological polar surface area (TPSA) is 81.4 Å². The van der Waals surface area contributed by atoms with Gasteiger partial charge in [-0.25, -0.2) is 4.79 Å². The zero-order valence-electron chi connectivity index (χ0n) is 12.3. The maximum absolute atomic E-state index is 11.9. The van der Waals surface area contributed by atoms with Crippen LogP contribution in [0.4, 0.5) is 11.4 Å². The monoisotopic (exact) mass is 298 g/mol. The Morgan fingerprint density at radius 2 is 1.77 bits per heavy atom. The Balaban J connectivity index is 1.90. The number of benzene rings is 2. The molecule has 5 nitrogen and oxygen atoms in total. The van der Waals surface area contributed by atoms with Crippen molar-refractivity contribution in [2.24, 2.45) is 0 Å². The number of carbonyl (C=O) groups is 2. The number of anilines is 2. The molecule has 0 aromatic heterocycles. The van der Waals surface area contributed by atoms with Crippen molar-refractivity contribution in [3.8, 4) is 0 Å². The van der Waals surface area contributed by atoms with Crippen LogP contribution in [-0.2, 0) is 16.0 Å². The van der Waals surface area contributed by atoms with E-state index in [0.717, 1.165) is 17.7 Å². The van der Waals surface area contributed by atoms with Crippen LogP contribution in [0.15, 0.2) is 48.5 Å². The highest BCUT2D eigenvalue weighted by Crippen LogP contribution is 2.15. The van der Waals surface area contributed by atoms with Gasteiger partial charge in [0.05, 0.1) is 5.56 Å². The van der Waals surface area contributed by atoms with Gasteiger partial charge in [0.2, 0.25) is 0 Å². The second kappa shape index (κ2) is 7.26. The van der Waals surface area contributed by atoms with Gasteiger partial charge in [0, 0.05) is 11.4 Å². The summed E-state index contributed by atoms with van der Waals surface area (Å²) in [6.45, 7) is 1.67. The van der Waals surface area contributed by atoms with Crippen LogP contribution in [0.5, 0.6) is 0 Å². The largest absolute Gasteiger partial charge is 0.452 e. The third-order valence-electron chi connectivity index (χ3n) is 3.15. The number of nitrogen functional groups attached to an aromatic ring is 1. The van der Waals surface area contributed by atoms with Gasteiger partial charge in [-0.15, -0.1) is 0 Å². The lowest BCUT2D eigenvalue weighted by atomic mass is 10.1. The Morgan fingerprint density at radius 3 is 2.45 bits per heavy atom. The summed E-state index contributed by atoms with van der Waals surface area (Å²) < 4.78 is 4.98. The van der Waals surface area contributed by atoms with E-state index in [1.165, 1.54) is 0 Å². The summed E-state index contributed by atoms with van der Waals surface area (Å²) in [6.07, 6.45) is 0.807. The van der Waals surface area contributed by atoms with E-state index < -0.39 is 5.97 Å². The van der Waals surface area contributed by atoms with Gasteiger partial charge >= 0.3 is 5.97 Å². The van der Waals surface area contributed by atoms with Crippen molar-refractivity contribution >= 4 is 23.3 Å². The summed E-state index contributed by atoms with van der Waals surface area (Å²) in [5.74, 6) is -0.927. The average molecular weight is 298 g/mol. The number of hydrogen-bond acceptors (Lipinski definition) is 4. The predicted molar refractivity (Wildman–Crippen MR) is 85.6 cm³/mol. The number of rotatable bonds is 5. The van der Waals surface area contributed by atoms with Gasteiger partial charge in [-0.3, -0.25) is 4.79 Å². The molecule has 0 aliphatic rings.